The molecule has 0 amide bonds. The van der Waals surface area contributed by atoms with Crippen LogP contribution in [0.2, 0.25) is 5.02 Å². The van der Waals surface area contributed by atoms with Crippen molar-refractivity contribution in [1.29, 1.82) is 0 Å². The summed E-state index contributed by atoms with van der Waals surface area (Å²) in [5.74, 6) is 0.607. The summed E-state index contributed by atoms with van der Waals surface area (Å²) >= 11 is 5.84. The van der Waals surface area contributed by atoms with Gasteiger partial charge < -0.3 is 10.5 Å². The van der Waals surface area contributed by atoms with E-state index in [2.05, 4.69) is 0 Å². The summed E-state index contributed by atoms with van der Waals surface area (Å²) in [4.78, 5) is 0. The molecule has 1 aliphatic carbocycles. The Morgan fingerprint density at radius 3 is 2.53 bits per heavy atom. The van der Waals surface area contributed by atoms with Gasteiger partial charge >= 0.3 is 0 Å². The SMILES string of the molecule is COCC1CC(N)(c2ccc(Cl)cc2)C1. The number of hydrogen-bond donors (Lipinski definition) is 1. The van der Waals surface area contributed by atoms with Crippen LogP contribution in [0.3, 0.4) is 0 Å². The minimum absolute atomic E-state index is 0.159. The maximum atomic E-state index is 6.30. The Hall–Kier alpha value is -0.570. The highest BCUT2D eigenvalue weighted by molar-refractivity contribution is 6.30. The fourth-order valence-corrected chi connectivity index (χ4v) is 2.47. The average molecular weight is 226 g/mol. The number of methoxy groups -OCH3 is 1. The van der Waals surface area contributed by atoms with E-state index in [-0.39, 0.29) is 5.54 Å². The highest BCUT2D eigenvalue weighted by Gasteiger charge is 2.41. The lowest BCUT2D eigenvalue weighted by molar-refractivity contribution is 0.0542. The maximum Gasteiger partial charge on any atom is 0.0492 e. The standard InChI is InChI=1S/C12H16ClNO/c1-15-8-9-6-12(14,7-9)10-2-4-11(13)5-3-10/h2-5,9H,6-8,14H2,1H3. The maximum absolute atomic E-state index is 6.30. The third-order valence-corrected chi connectivity index (χ3v) is 3.38. The summed E-state index contributed by atoms with van der Waals surface area (Å²) in [5.41, 5.74) is 7.32. The van der Waals surface area contributed by atoms with Crippen LogP contribution in [0.25, 0.3) is 0 Å². The Balaban J connectivity index is 2.03. The van der Waals surface area contributed by atoms with Crippen molar-refractivity contribution in [3.8, 4) is 0 Å². The van der Waals surface area contributed by atoms with Gasteiger partial charge in [-0.3, -0.25) is 0 Å². The molecule has 0 unspecified atom stereocenters. The second-order valence-electron chi connectivity index (χ2n) is 4.39. The van der Waals surface area contributed by atoms with Crippen molar-refractivity contribution in [3.63, 3.8) is 0 Å². The first-order chi connectivity index (χ1) is 7.14. The van der Waals surface area contributed by atoms with Gasteiger partial charge in [0.05, 0.1) is 0 Å². The summed E-state index contributed by atoms with van der Waals surface area (Å²) in [7, 11) is 1.73. The molecule has 0 bridgehead atoms. The van der Waals surface area contributed by atoms with Crippen molar-refractivity contribution in [2.45, 2.75) is 18.4 Å². The molecule has 0 radical (unpaired) electrons. The monoisotopic (exact) mass is 225 g/mol. The van der Waals surface area contributed by atoms with E-state index in [0.29, 0.717) is 5.92 Å². The number of halogens is 1. The first-order valence-corrected chi connectivity index (χ1v) is 5.56. The van der Waals surface area contributed by atoms with Crippen molar-refractivity contribution in [3.05, 3.63) is 34.9 Å². The van der Waals surface area contributed by atoms with Gasteiger partial charge in [-0.2, -0.15) is 0 Å². The van der Waals surface area contributed by atoms with Crippen LogP contribution in [-0.4, -0.2) is 13.7 Å². The highest BCUT2D eigenvalue weighted by Crippen LogP contribution is 2.43. The second-order valence-corrected chi connectivity index (χ2v) is 4.83. The normalized spacial score (nSPS) is 29.9. The van der Waals surface area contributed by atoms with Gasteiger partial charge in [-0.15, -0.1) is 0 Å². The van der Waals surface area contributed by atoms with Gasteiger partial charge in [0.2, 0.25) is 0 Å². The lowest BCUT2D eigenvalue weighted by atomic mass is 9.66. The first-order valence-electron chi connectivity index (χ1n) is 5.18. The second kappa shape index (κ2) is 4.12. The zero-order valence-electron chi connectivity index (χ0n) is 8.87. The fraction of sp³-hybridized carbons (Fsp3) is 0.500. The van der Waals surface area contributed by atoms with Crippen molar-refractivity contribution in [2.75, 3.05) is 13.7 Å². The number of hydrogen-bond acceptors (Lipinski definition) is 2. The van der Waals surface area contributed by atoms with E-state index >= 15 is 0 Å². The molecule has 1 aromatic carbocycles. The third-order valence-electron chi connectivity index (χ3n) is 3.13. The zero-order valence-corrected chi connectivity index (χ0v) is 9.63. The van der Waals surface area contributed by atoms with Crippen LogP contribution in [0.15, 0.2) is 24.3 Å². The van der Waals surface area contributed by atoms with E-state index in [1.807, 2.05) is 24.3 Å². The zero-order chi connectivity index (χ0) is 10.9. The number of benzene rings is 1. The first kappa shape index (κ1) is 10.9. The molecule has 1 aromatic rings. The van der Waals surface area contributed by atoms with Crippen molar-refractivity contribution < 1.29 is 4.74 Å². The van der Waals surface area contributed by atoms with Crippen LogP contribution in [0.1, 0.15) is 18.4 Å². The van der Waals surface area contributed by atoms with Crippen molar-refractivity contribution >= 4 is 11.6 Å². The van der Waals surface area contributed by atoms with Gasteiger partial charge in [-0.25, -0.2) is 0 Å². The van der Waals surface area contributed by atoms with Gasteiger partial charge in [-0.1, -0.05) is 23.7 Å². The molecule has 0 spiro atoms. The molecule has 82 valence electrons. The van der Waals surface area contributed by atoms with Gasteiger partial charge in [0.1, 0.15) is 0 Å². The van der Waals surface area contributed by atoms with Crippen molar-refractivity contribution in [1.82, 2.24) is 0 Å². The summed E-state index contributed by atoms with van der Waals surface area (Å²) in [6.45, 7) is 0.812. The summed E-state index contributed by atoms with van der Waals surface area (Å²) < 4.78 is 5.12. The van der Waals surface area contributed by atoms with Crippen LogP contribution < -0.4 is 5.73 Å². The molecular weight excluding hydrogens is 210 g/mol. The molecule has 2 nitrogen and oxygen atoms in total. The fourth-order valence-electron chi connectivity index (χ4n) is 2.34. The van der Waals surface area contributed by atoms with Crippen LogP contribution in [0.4, 0.5) is 0 Å². The Bertz CT molecular complexity index is 330. The van der Waals surface area contributed by atoms with E-state index in [4.69, 9.17) is 22.1 Å². The van der Waals surface area contributed by atoms with Gasteiger partial charge in [-0.05, 0) is 36.5 Å². The van der Waals surface area contributed by atoms with Crippen LogP contribution in [0.5, 0.6) is 0 Å². The molecule has 0 aliphatic heterocycles. The molecule has 3 heteroatoms. The molecule has 1 aliphatic rings. The summed E-state index contributed by atoms with van der Waals surface area (Å²) in [5, 5.41) is 0.759. The molecule has 15 heavy (non-hydrogen) atoms. The largest absolute Gasteiger partial charge is 0.384 e. The number of rotatable bonds is 3. The molecule has 2 N–H and O–H groups in total. The third kappa shape index (κ3) is 2.17. The Kier molecular flexibility index (Phi) is 3.01. The molecule has 0 atom stereocenters. The van der Waals surface area contributed by atoms with E-state index in [9.17, 15) is 0 Å². The predicted molar refractivity (Wildman–Crippen MR) is 61.9 cm³/mol. The number of ether oxygens (including phenoxy) is 1. The topological polar surface area (TPSA) is 35.2 Å². The molecule has 0 saturated heterocycles. The highest BCUT2D eigenvalue weighted by atomic mass is 35.5. The Morgan fingerprint density at radius 1 is 1.40 bits per heavy atom. The quantitative estimate of drug-likeness (QED) is 0.858. The molecular formula is C12H16ClNO. The smallest absolute Gasteiger partial charge is 0.0492 e. The molecule has 2 rings (SSSR count). The molecule has 1 fully saturated rings. The van der Waals surface area contributed by atoms with Crippen LogP contribution in [-0.2, 0) is 10.3 Å². The molecule has 1 saturated carbocycles. The summed E-state index contributed by atoms with van der Waals surface area (Å²) in [6.07, 6.45) is 2.00. The summed E-state index contributed by atoms with van der Waals surface area (Å²) in [6, 6.07) is 7.83. The Morgan fingerprint density at radius 2 is 2.00 bits per heavy atom. The van der Waals surface area contributed by atoms with Gasteiger partial charge in [0.25, 0.3) is 0 Å². The van der Waals surface area contributed by atoms with Gasteiger partial charge in [0, 0.05) is 24.3 Å². The van der Waals surface area contributed by atoms with Gasteiger partial charge in [0.15, 0.2) is 0 Å². The van der Waals surface area contributed by atoms with Crippen LogP contribution >= 0.6 is 11.6 Å². The van der Waals surface area contributed by atoms with Crippen LogP contribution in [0, 0.1) is 5.92 Å². The minimum Gasteiger partial charge on any atom is -0.384 e. The molecule has 0 heterocycles. The molecule has 0 aromatic heterocycles. The van der Waals surface area contributed by atoms with E-state index in [0.717, 1.165) is 24.5 Å². The van der Waals surface area contributed by atoms with E-state index in [1.165, 1.54) is 5.56 Å². The number of nitrogens with two attached hydrogens (primary N) is 1. The van der Waals surface area contributed by atoms with E-state index in [1.54, 1.807) is 7.11 Å². The lowest BCUT2D eigenvalue weighted by Crippen LogP contribution is -2.50. The van der Waals surface area contributed by atoms with Crippen molar-refractivity contribution in [2.24, 2.45) is 11.7 Å². The predicted octanol–water partition coefficient (Wildman–Crippen LogP) is 2.55. The minimum atomic E-state index is -0.159. The average Bonchev–Trinajstić information content (AvgIpc) is 2.16. The van der Waals surface area contributed by atoms with E-state index < -0.39 is 0 Å². The lowest BCUT2D eigenvalue weighted by Gasteiger charge is -2.45. The Labute approximate surface area is 95.4 Å².